The first kappa shape index (κ1) is 28.4. The number of urea groups is 1. The van der Waals surface area contributed by atoms with Crippen molar-refractivity contribution in [2.75, 3.05) is 38.7 Å². The zero-order valence-corrected chi connectivity index (χ0v) is 21.9. The normalized spacial score (nSPS) is 19.6. The number of rotatable bonds is 8. The molecule has 2 aromatic carbocycles. The lowest BCUT2D eigenvalue weighted by Gasteiger charge is -2.42. The number of ether oxygens (including phenoxy) is 2. The molecule has 2 N–H and O–H groups in total. The zero-order chi connectivity index (χ0) is 28.0. The fourth-order valence-electron chi connectivity index (χ4n) is 4.84. The molecule has 208 valence electrons. The summed E-state index contributed by atoms with van der Waals surface area (Å²) in [4.78, 5) is 28.9. The Bertz CT molecular complexity index is 1180. The van der Waals surface area contributed by atoms with Crippen LogP contribution in [-0.4, -0.2) is 78.9 Å². The lowest BCUT2D eigenvalue weighted by atomic mass is 10.1. The number of hydrogen-bond donors (Lipinski definition) is 2. The van der Waals surface area contributed by atoms with Gasteiger partial charge in [-0.25, -0.2) is 9.59 Å². The van der Waals surface area contributed by atoms with Gasteiger partial charge in [0.1, 0.15) is 12.4 Å². The molecule has 2 fully saturated rings. The number of thioether (sulfide) groups is 1. The standard InChI is InChI=1S/C26H28F3N5O4S/c1-37-25(36)32-19(16-38-22-8-2-17(12-30)3-9-22)13-34-20-6-7-21(34)15-33(14-20)24(35)31-18-4-10-23(11-5-18)39-26(27,28)29/h2-5,8-11,19-21H,6-7,13-16H2,1H3,(H,31,35)(H,32,36)/t19-,20?,21?/m0/s1. The number of fused-ring (bicyclic) bond motifs is 2. The minimum absolute atomic E-state index is 0.0467. The number of alkyl carbamates (subject to hydrolysis) is 1. The van der Waals surface area contributed by atoms with E-state index in [9.17, 15) is 22.8 Å². The second kappa shape index (κ2) is 12.5. The molecule has 2 aromatic rings. The van der Waals surface area contributed by atoms with Crippen LogP contribution in [0.4, 0.5) is 28.4 Å². The molecule has 2 heterocycles. The third kappa shape index (κ3) is 7.93. The smallest absolute Gasteiger partial charge is 0.446 e. The maximum atomic E-state index is 12.9. The van der Waals surface area contributed by atoms with Crippen molar-refractivity contribution in [3.63, 3.8) is 0 Å². The summed E-state index contributed by atoms with van der Waals surface area (Å²) in [5.41, 5.74) is -3.43. The zero-order valence-electron chi connectivity index (χ0n) is 21.1. The number of nitrogens with zero attached hydrogens (tertiary/aromatic N) is 3. The van der Waals surface area contributed by atoms with Gasteiger partial charge in [0, 0.05) is 42.3 Å². The van der Waals surface area contributed by atoms with E-state index in [1.54, 1.807) is 29.2 Å². The van der Waals surface area contributed by atoms with Gasteiger partial charge >= 0.3 is 17.6 Å². The Morgan fingerprint density at radius 3 is 2.31 bits per heavy atom. The van der Waals surface area contributed by atoms with Crippen molar-refractivity contribution in [3.8, 4) is 11.8 Å². The molecule has 2 aliphatic rings. The van der Waals surface area contributed by atoms with E-state index < -0.39 is 11.6 Å². The maximum Gasteiger partial charge on any atom is 0.446 e. The van der Waals surface area contributed by atoms with Crippen molar-refractivity contribution < 1.29 is 32.2 Å². The average Bonchev–Trinajstić information content (AvgIpc) is 3.13. The highest BCUT2D eigenvalue weighted by atomic mass is 32.2. The minimum Gasteiger partial charge on any atom is -0.491 e. The summed E-state index contributed by atoms with van der Waals surface area (Å²) in [7, 11) is 1.29. The number of halogens is 3. The van der Waals surface area contributed by atoms with Gasteiger partial charge in [0.25, 0.3) is 0 Å². The van der Waals surface area contributed by atoms with Crippen molar-refractivity contribution in [3.05, 3.63) is 54.1 Å². The SMILES string of the molecule is COC(=O)N[C@H](COc1ccc(C#N)cc1)CN1C2CCC1CN(C(=O)Nc1ccc(SC(F)(F)F)cc1)C2. The molecule has 2 bridgehead atoms. The Hall–Kier alpha value is -3.63. The number of likely N-dealkylation sites (tertiary alicyclic amines) is 1. The third-order valence-electron chi connectivity index (χ3n) is 6.63. The molecule has 9 nitrogen and oxygen atoms in total. The fraction of sp³-hybridized carbons (Fsp3) is 0.423. The quantitative estimate of drug-likeness (QED) is 0.450. The average molecular weight is 564 g/mol. The topological polar surface area (TPSA) is 107 Å². The third-order valence-corrected chi connectivity index (χ3v) is 7.37. The fourth-order valence-corrected chi connectivity index (χ4v) is 5.38. The van der Waals surface area contributed by atoms with E-state index >= 15 is 0 Å². The van der Waals surface area contributed by atoms with E-state index in [-0.39, 0.29) is 47.4 Å². The summed E-state index contributed by atoms with van der Waals surface area (Å²) in [6, 6.07) is 13.8. The molecule has 39 heavy (non-hydrogen) atoms. The first-order valence-corrected chi connectivity index (χ1v) is 13.1. The maximum absolute atomic E-state index is 12.9. The molecule has 0 aliphatic carbocycles. The number of amides is 3. The van der Waals surface area contributed by atoms with Crippen molar-refractivity contribution in [2.45, 2.75) is 41.4 Å². The Kier molecular flexibility index (Phi) is 9.08. The lowest BCUT2D eigenvalue weighted by molar-refractivity contribution is -0.0328. The number of carbonyl (C=O) groups excluding carboxylic acids is 2. The monoisotopic (exact) mass is 563 g/mol. The van der Waals surface area contributed by atoms with Crippen LogP contribution in [0.1, 0.15) is 18.4 Å². The van der Waals surface area contributed by atoms with E-state index in [1.807, 2.05) is 0 Å². The predicted molar refractivity (Wildman–Crippen MR) is 138 cm³/mol. The largest absolute Gasteiger partial charge is 0.491 e. The summed E-state index contributed by atoms with van der Waals surface area (Å²) in [5.74, 6) is 0.570. The molecule has 0 radical (unpaired) electrons. The highest BCUT2D eigenvalue weighted by molar-refractivity contribution is 8.00. The van der Waals surface area contributed by atoms with Crippen molar-refractivity contribution in [2.24, 2.45) is 0 Å². The van der Waals surface area contributed by atoms with Crippen LogP contribution >= 0.6 is 11.8 Å². The molecule has 2 unspecified atom stereocenters. The van der Waals surface area contributed by atoms with Crippen molar-refractivity contribution >= 4 is 29.6 Å². The van der Waals surface area contributed by atoms with Crippen LogP contribution in [0.3, 0.4) is 0 Å². The Morgan fingerprint density at radius 1 is 1.10 bits per heavy atom. The number of alkyl halides is 3. The first-order chi connectivity index (χ1) is 18.6. The van der Waals surface area contributed by atoms with Gasteiger partial charge in [0.2, 0.25) is 0 Å². The lowest BCUT2D eigenvalue weighted by Crippen LogP contribution is -2.59. The number of nitrogens with one attached hydrogen (secondary N) is 2. The van der Waals surface area contributed by atoms with Gasteiger partial charge in [-0.05, 0) is 73.1 Å². The first-order valence-electron chi connectivity index (χ1n) is 12.3. The van der Waals surface area contributed by atoms with E-state index in [0.29, 0.717) is 36.6 Å². The van der Waals surface area contributed by atoms with Crippen LogP contribution in [0, 0.1) is 11.3 Å². The van der Waals surface area contributed by atoms with E-state index in [0.717, 1.165) is 12.8 Å². The second-order valence-electron chi connectivity index (χ2n) is 9.27. The van der Waals surface area contributed by atoms with Crippen LogP contribution < -0.4 is 15.4 Å². The minimum atomic E-state index is -4.37. The molecule has 13 heteroatoms. The van der Waals surface area contributed by atoms with Gasteiger partial charge in [-0.15, -0.1) is 0 Å². The molecule has 2 saturated heterocycles. The Morgan fingerprint density at radius 2 is 1.74 bits per heavy atom. The van der Waals surface area contributed by atoms with Crippen molar-refractivity contribution in [1.29, 1.82) is 5.26 Å². The van der Waals surface area contributed by atoms with Crippen LogP contribution in [0.2, 0.25) is 0 Å². The summed E-state index contributed by atoms with van der Waals surface area (Å²) < 4.78 is 48.3. The Labute approximate surface area is 228 Å². The predicted octanol–water partition coefficient (Wildman–Crippen LogP) is 4.65. The van der Waals surface area contributed by atoms with Gasteiger partial charge in [0.05, 0.1) is 24.8 Å². The van der Waals surface area contributed by atoms with Gasteiger partial charge in [-0.3, -0.25) is 4.90 Å². The molecular formula is C26H28F3N5O4S. The highest BCUT2D eigenvalue weighted by Crippen LogP contribution is 2.37. The van der Waals surface area contributed by atoms with Crippen LogP contribution in [-0.2, 0) is 4.74 Å². The number of hydrogen-bond acceptors (Lipinski definition) is 7. The summed E-state index contributed by atoms with van der Waals surface area (Å²) >= 11 is -0.205. The highest BCUT2D eigenvalue weighted by Gasteiger charge is 2.42. The molecule has 0 saturated carbocycles. The van der Waals surface area contributed by atoms with E-state index in [1.165, 1.54) is 31.4 Å². The molecule has 2 aliphatic heterocycles. The molecular weight excluding hydrogens is 535 g/mol. The van der Waals surface area contributed by atoms with Crippen LogP contribution in [0.15, 0.2) is 53.4 Å². The summed E-state index contributed by atoms with van der Waals surface area (Å²) in [6.07, 6.45) is 1.20. The van der Waals surface area contributed by atoms with E-state index in [2.05, 4.69) is 21.6 Å². The van der Waals surface area contributed by atoms with Crippen LogP contribution in [0.25, 0.3) is 0 Å². The number of methoxy groups -OCH3 is 1. The van der Waals surface area contributed by atoms with Gasteiger partial charge in [-0.2, -0.15) is 18.4 Å². The van der Waals surface area contributed by atoms with E-state index in [4.69, 9.17) is 14.7 Å². The summed E-state index contributed by atoms with van der Waals surface area (Å²) in [5, 5.41) is 14.5. The molecule has 4 rings (SSSR count). The second-order valence-corrected chi connectivity index (χ2v) is 10.4. The molecule has 0 aromatic heterocycles. The number of benzene rings is 2. The Balaban J connectivity index is 1.33. The molecule has 0 spiro atoms. The number of nitriles is 1. The summed E-state index contributed by atoms with van der Waals surface area (Å²) in [6.45, 7) is 1.63. The number of anilines is 1. The van der Waals surface area contributed by atoms with Crippen molar-refractivity contribution in [1.82, 2.24) is 15.1 Å². The molecule has 3 amide bonds. The van der Waals surface area contributed by atoms with Gasteiger partial charge in [0.15, 0.2) is 0 Å². The van der Waals surface area contributed by atoms with Crippen LogP contribution in [0.5, 0.6) is 5.75 Å². The number of piperazine rings is 1. The van der Waals surface area contributed by atoms with Gasteiger partial charge in [-0.1, -0.05) is 0 Å². The van der Waals surface area contributed by atoms with Gasteiger partial charge < -0.3 is 25.0 Å². The molecule has 3 atom stereocenters. The number of carbonyl (C=O) groups is 2.